The summed E-state index contributed by atoms with van der Waals surface area (Å²) in [4.78, 5) is 30.7. The molecule has 3 aromatic rings. The van der Waals surface area contributed by atoms with Crippen molar-refractivity contribution in [2.75, 3.05) is 26.3 Å². The van der Waals surface area contributed by atoms with Gasteiger partial charge in [0.1, 0.15) is 24.7 Å². The van der Waals surface area contributed by atoms with Crippen LogP contribution in [0.25, 0.3) is 5.57 Å². The van der Waals surface area contributed by atoms with E-state index in [9.17, 15) is 9.59 Å². The van der Waals surface area contributed by atoms with Crippen molar-refractivity contribution in [1.82, 2.24) is 15.1 Å². The van der Waals surface area contributed by atoms with Crippen LogP contribution in [0.3, 0.4) is 0 Å². The van der Waals surface area contributed by atoms with Crippen LogP contribution in [0, 0.1) is 0 Å². The molecule has 1 N–H and O–H groups in total. The molecular weight excluding hydrogens is 656 g/mol. The number of benzene rings is 3. The Balaban J connectivity index is 1.22. The molecule has 6 rings (SSSR count). The Morgan fingerprint density at radius 3 is 2.31 bits per heavy atom. The summed E-state index contributed by atoms with van der Waals surface area (Å²) in [5.74, 6) is 1.12. The Bertz CT molecular complexity index is 1630. The van der Waals surface area contributed by atoms with Gasteiger partial charge in [-0.25, -0.2) is 0 Å². The number of halogens is 4. The summed E-state index contributed by atoms with van der Waals surface area (Å²) in [7, 11) is 0. The molecule has 2 amide bonds. The molecule has 0 radical (unpaired) electrons. The zero-order chi connectivity index (χ0) is 31.7. The van der Waals surface area contributed by atoms with Gasteiger partial charge in [-0.2, -0.15) is 0 Å². The Labute approximate surface area is 283 Å². The number of hydrogen-bond acceptors (Lipinski definition) is 5. The fourth-order valence-corrected chi connectivity index (χ4v) is 6.81. The number of amides is 2. The molecule has 3 aliphatic rings. The Kier molecular flexibility index (Phi) is 9.83. The third-order valence-electron chi connectivity index (χ3n) is 8.41. The molecule has 3 aromatic carbocycles. The Morgan fingerprint density at radius 1 is 0.889 bits per heavy atom. The van der Waals surface area contributed by atoms with E-state index in [2.05, 4.69) is 5.32 Å². The average Bonchev–Trinajstić information content (AvgIpc) is 3.86. The molecule has 1 saturated carbocycles. The SMILES string of the molecule is CC(=O)N1C[C@H]2CC(c3ccc(OCCOc4cc(Cl)c(Cl)cc4Cl)cc3)=C(C(=O)N(Cc3ccccc3Cl)C3CC3)[C@@H](C1)N2. The van der Waals surface area contributed by atoms with E-state index in [0.717, 1.165) is 35.1 Å². The lowest BCUT2D eigenvalue weighted by atomic mass is 9.82. The Hall–Kier alpha value is -2.94. The lowest BCUT2D eigenvalue weighted by Gasteiger charge is -2.44. The van der Waals surface area contributed by atoms with Crippen molar-refractivity contribution in [3.63, 3.8) is 0 Å². The monoisotopic (exact) mass is 687 g/mol. The molecule has 11 heteroatoms. The van der Waals surface area contributed by atoms with E-state index in [1.807, 2.05) is 58.3 Å². The largest absolute Gasteiger partial charge is 0.490 e. The van der Waals surface area contributed by atoms with Crippen molar-refractivity contribution in [2.45, 2.75) is 50.9 Å². The Morgan fingerprint density at radius 2 is 1.60 bits per heavy atom. The molecule has 45 heavy (non-hydrogen) atoms. The van der Waals surface area contributed by atoms with Crippen molar-refractivity contribution in [1.29, 1.82) is 0 Å². The highest BCUT2D eigenvalue weighted by Gasteiger charge is 2.43. The zero-order valence-electron chi connectivity index (χ0n) is 24.7. The first-order chi connectivity index (χ1) is 21.7. The third-order valence-corrected chi connectivity index (χ3v) is 9.80. The van der Waals surface area contributed by atoms with Crippen molar-refractivity contribution < 1.29 is 19.1 Å². The molecule has 2 fully saturated rings. The molecular formula is C34H33Cl4N3O4. The van der Waals surface area contributed by atoms with Crippen LogP contribution in [0.2, 0.25) is 20.1 Å². The van der Waals surface area contributed by atoms with Gasteiger partial charge in [0.05, 0.1) is 21.1 Å². The van der Waals surface area contributed by atoms with Crippen molar-refractivity contribution >= 4 is 63.8 Å². The third kappa shape index (κ3) is 7.39. The normalized spacial score (nSPS) is 19.4. The summed E-state index contributed by atoms with van der Waals surface area (Å²) < 4.78 is 11.6. The predicted octanol–water partition coefficient (Wildman–Crippen LogP) is 7.30. The van der Waals surface area contributed by atoms with Crippen LogP contribution < -0.4 is 14.8 Å². The number of rotatable bonds is 10. The van der Waals surface area contributed by atoms with Gasteiger partial charge in [-0.15, -0.1) is 0 Å². The highest BCUT2D eigenvalue weighted by Crippen LogP contribution is 2.38. The smallest absolute Gasteiger partial charge is 0.252 e. The molecule has 1 saturated heterocycles. The summed E-state index contributed by atoms with van der Waals surface area (Å²) in [6.45, 7) is 3.62. The van der Waals surface area contributed by atoms with E-state index in [4.69, 9.17) is 55.9 Å². The molecule has 0 aromatic heterocycles. The van der Waals surface area contributed by atoms with Gasteiger partial charge >= 0.3 is 0 Å². The second kappa shape index (κ2) is 13.8. The molecule has 2 bridgehead atoms. The van der Waals surface area contributed by atoms with Crippen LogP contribution in [-0.2, 0) is 16.1 Å². The fraction of sp³-hybridized carbons (Fsp3) is 0.353. The zero-order valence-corrected chi connectivity index (χ0v) is 27.7. The van der Waals surface area contributed by atoms with E-state index < -0.39 is 0 Å². The second-order valence-corrected chi connectivity index (χ2v) is 13.2. The number of nitrogens with zero attached hydrogens (tertiary/aromatic N) is 2. The number of fused-ring (bicyclic) bond motifs is 2. The molecule has 0 unspecified atom stereocenters. The first kappa shape index (κ1) is 32.0. The summed E-state index contributed by atoms with van der Waals surface area (Å²) in [5.41, 5.74) is 3.61. The van der Waals surface area contributed by atoms with Crippen LogP contribution in [0.4, 0.5) is 0 Å². The number of carbonyl (C=O) groups excluding carboxylic acids is 2. The van der Waals surface area contributed by atoms with Crippen LogP contribution in [0.5, 0.6) is 11.5 Å². The molecule has 2 atom stereocenters. The van der Waals surface area contributed by atoms with Gasteiger partial charge in [0.25, 0.3) is 5.91 Å². The maximum Gasteiger partial charge on any atom is 0.252 e. The number of carbonyl (C=O) groups is 2. The number of hydrogen-bond donors (Lipinski definition) is 1. The molecule has 2 heterocycles. The van der Waals surface area contributed by atoms with E-state index in [-0.39, 0.29) is 43.2 Å². The number of nitrogens with one attached hydrogen (secondary N) is 1. The van der Waals surface area contributed by atoms with Gasteiger partial charge in [0.15, 0.2) is 0 Å². The topological polar surface area (TPSA) is 71.1 Å². The van der Waals surface area contributed by atoms with Gasteiger partial charge in [-0.3, -0.25) is 9.59 Å². The van der Waals surface area contributed by atoms with Gasteiger partial charge in [-0.05, 0) is 60.2 Å². The lowest BCUT2D eigenvalue weighted by Crippen LogP contribution is -2.61. The molecule has 7 nitrogen and oxygen atoms in total. The van der Waals surface area contributed by atoms with Crippen LogP contribution in [0.1, 0.15) is 37.3 Å². The minimum atomic E-state index is -0.266. The van der Waals surface area contributed by atoms with E-state index >= 15 is 0 Å². The maximum atomic E-state index is 14.5. The van der Waals surface area contributed by atoms with E-state index in [1.54, 1.807) is 19.1 Å². The van der Waals surface area contributed by atoms with E-state index in [0.29, 0.717) is 57.6 Å². The van der Waals surface area contributed by atoms with Gasteiger partial charge < -0.3 is 24.6 Å². The standard InChI is InChI=1S/C34H33Cl4N3O4/c1-20(42)40-18-23-14-26(21-6-10-25(11-7-21)44-12-13-45-32-16-29(37)28(36)15-30(32)38)33(31(19-40)39-23)34(43)41(24-8-9-24)17-22-4-2-3-5-27(22)35/h2-7,10-11,15-16,23-24,31,39H,8-9,12-14,17-19H2,1H3/t23-,31-/m1/s1. The van der Waals surface area contributed by atoms with Gasteiger partial charge in [0.2, 0.25) is 5.91 Å². The summed E-state index contributed by atoms with van der Waals surface area (Å²) in [6, 6.07) is 18.5. The number of piperazine rings is 1. The highest BCUT2D eigenvalue weighted by molar-refractivity contribution is 6.43. The molecule has 236 valence electrons. The lowest BCUT2D eigenvalue weighted by molar-refractivity contribution is -0.132. The molecule has 2 aliphatic heterocycles. The number of ether oxygens (including phenoxy) is 2. The van der Waals surface area contributed by atoms with Crippen LogP contribution in [0.15, 0.2) is 66.2 Å². The molecule has 1 aliphatic carbocycles. The van der Waals surface area contributed by atoms with E-state index in [1.165, 1.54) is 0 Å². The summed E-state index contributed by atoms with van der Waals surface area (Å²) in [5, 5.41) is 5.38. The quantitative estimate of drug-likeness (QED) is 0.179. The van der Waals surface area contributed by atoms with Crippen molar-refractivity contribution in [3.8, 4) is 11.5 Å². The average molecular weight is 689 g/mol. The van der Waals surface area contributed by atoms with Gasteiger partial charge in [-0.1, -0.05) is 76.7 Å². The van der Waals surface area contributed by atoms with Gasteiger partial charge in [0, 0.05) is 55.3 Å². The minimum absolute atomic E-state index is 0.00721. The van der Waals surface area contributed by atoms with Crippen LogP contribution in [-0.4, -0.2) is 66.0 Å². The summed E-state index contributed by atoms with van der Waals surface area (Å²) >= 11 is 24.8. The fourth-order valence-electron chi connectivity index (χ4n) is 6.02. The predicted molar refractivity (Wildman–Crippen MR) is 178 cm³/mol. The first-order valence-corrected chi connectivity index (χ1v) is 16.5. The molecule has 0 spiro atoms. The highest BCUT2D eigenvalue weighted by atomic mass is 35.5. The van der Waals surface area contributed by atoms with Crippen molar-refractivity contribution in [2.24, 2.45) is 0 Å². The summed E-state index contributed by atoms with van der Waals surface area (Å²) in [6.07, 6.45) is 2.56. The van der Waals surface area contributed by atoms with Crippen molar-refractivity contribution in [3.05, 3.63) is 97.5 Å². The minimum Gasteiger partial charge on any atom is -0.490 e. The first-order valence-electron chi connectivity index (χ1n) is 15.0. The second-order valence-electron chi connectivity index (χ2n) is 11.6. The maximum absolute atomic E-state index is 14.5. The van der Waals surface area contributed by atoms with Crippen LogP contribution >= 0.6 is 46.4 Å².